The molecule has 4 nitrogen and oxygen atoms in total. The van der Waals surface area contributed by atoms with Crippen molar-refractivity contribution in [1.82, 2.24) is 10.6 Å². The topological polar surface area (TPSA) is 44.4 Å². The lowest BCUT2D eigenvalue weighted by molar-refractivity contribution is -0.121. The van der Waals surface area contributed by atoms with Crippen LogP contribution in [0.15, 0.2) is 24.3 Å². The van der Waals surface area contributed by atoms with Crippen LogP contribution in [0.1, 0.15) is 19.3 Å². The highest BCUT2D eigenvalue weighted by molar-refractivity contribution is 5.85. The Morgan fingerprint density at radius 1 is 1.41 bits per heavy atom. The summed E-state index contributed by atoms with van der Waals surface area (Å²) in [5, 5.41) is 6.02. The molecule has 0 aromatic heterocycles. The Balaban J connectivity index is 0.00000220. The molecule has 1 fully saturated rings. The summed E-state index contributed by atoms with van der Waals surface area (Å²) in [5.74, 6) is -0.145. The van der Waals surface area contributed by atoms with Crippen LogP contribution in [0.5, 0.6) is 0 Å². The SMILES string of the molecule is CNCCC(=O)NC1CCCN(c2cccc(F)c2)C1.Cl.Cl. The Bertz CT molecular complexity index is 462. The number of hydrogen-bond acceptors (Lipinski definition) is 3. The van der Waals surface area contributed by atoms with Gasteiger partial charge in [0.05, 0.1) is 0 Å². The zero-order valence-electron chi connectivity index (χ0n) is 12.7. The minimum absolute atomic E-state index is 0. The monoisotopic (exact) mass is 351 g/mol. The molecule has 1 aliphatic heterocycles. The summed E-state index contributed by atoms with van der Waals surface area (Å²) in [6, 6.07) is 6.78. The van der Waals surface area contributed by atoms with Gasteiger partial charge in [-0.05, 0) is 38.1 Å². The number of nitrogens with one attached hydrogen (secondary N) is 2. The summed E-state index contributed by atoms with van der Waals surface area (Å²) in [6.45, 7) is 2.34. The average molecular weight is 352 g/mol. The van der Waals surface area contributed by atoms with Gasteiger partial charge in [0.25, 0.3) is 0 Å². The third-order valence-electron chi connectivity index (χ3n) is 3.56. The highest BCUT2D eigenvalue weighted by atomic mass is 35.5. The Morgan fingerprint density at radius 2 is 2.18 bits per heavy atom. The second kappa shape index (κ2) is 10.6. The zero-order valence-corrected chi connectivity index (χ0v) is 14.3. The Morgan fingerprint density at radius 3 is 2.86 bits per heavy atom. The van der Waals surface area contributed by atoms with E-state index in [4.69, 9.17) is 0 Å². The van der Waals surface area contributed by atoms with E-state index in [0.717, 1.165) is 31.6 Å². The Hall–Kier alpha value is -1.04. The number of rotatable bonds is 5. The van der Waals surface area contributed by atoms with Crippen molar-refractivity contribution >= 4 is 36.4 Å². The van der Waals surface area contributed by atoms with Crippen LogP contribution < -0.4 is 15.5 Å². The molecule has 1 amide bonds. The second-order valence-electron chi connectivity index (χ2n) is 5.19. The van der Waals surface area contributed by atoms with Gasteiger partial charge >= 0.3 is 0 Å². The highest BCUT2D eigenvalue weighted by Gasteiger charge is 2.21. The van der Waals surface area contributed by atoms with Gasteiger partial charge in [0.2, 0.25) is 5.91 Å². The molecule has 126 valence electrons. The number of nitrogens with zero attached hydrogens (tertiary/aromatic N) is 1. The predicted molar refractivity (Wildman–Crippen MR) is 92.8 cm³/mol. The van der Waals surface area contributed by atoms with Crippen molar-refractivity contribution in [3.63, 3.8) is 0 Å². The molecule has 1 aromatic carbocycles. The first kappa shape index (κ1) is 21.0. The maximum atomic E-state index is 13.3. The number of halogens is 3. The zero-order chi connectivity index (χ0) is 14.4. The van der Waals surface area contributed by atoms with Gasteiger partial charge in [-0.15, -0.1) is 24.8 Å². The summed E-state index contributed by atoms with van der Waals surface area (Å²) in [6.07, 6.45) is 2.48. The fourth-order valence-electron chi connectivity index (χ4n) is 2.54. The van der Waals surface area contributed by atoms with E-state index >= 15 is 0 Å². The average Bonchev–Trinajstić information content (AvgIpc) is 2.45. The molecular formula is C15H24Cl2FN3O. The van der Waals surface area contributed by atoms with E-state index < -0.39 is 0 Å². The third-order valence-corrected chi connectivity index (χ3v) is 3.56. The van der Waals surface area contributed by atoms with Crippen LogP contribution in [0.2, 0.25) is 0 Å². The summed E-state index contributed by atoms with van der Waals surface area (Å²) in [4.78, 5) is 13.9. The normalized spacial score (nSPS) is 17.2. The predicted octanol–water partition coefficient (Wildman–Crippen LogP) is 2.36. The van der Waals surface area contributed by atoms with Crippen molar-refractivity contribution < 1.29 is 9.18 Å². The van der Waals surface area contributed by atoms with Gasteiger partial charge in [0.15, 0.2) is 0 Å². The molecule has 0 saturated carbocycles. The van der Waals surface area contributed by atoms with Crippen LogP contribution in [-0.4, -0.2) is 38.6 Å². The lowest BCUT2D eigenvalue weighted by Gasteiger charge is -2.34. The molecular weight excluding hydrogens is 328 g/mol. The number of carbonyl (C=O) groups excluding carboxylic acids is 1. The molecule has 1 saturated heterocycles. The maximum Gasteiger partial charge on any atom is 0.221 e. The maximum absolute atomic E-state index is 13.3. The molecule has 7 heteroatoms. The molecule has 0 aliphatic carbocycles. The van der Waals surface area contributed by atoms with Crippen molar-refractivity contribution in [3.05, 3.63) is 30.1 Å². The first-order chi connectivity index (χ1) is 9.69. The van der Waals surface area contributed by atoms with Crippen molar-refractivity contribution in [3.8, 4) is 0 Å². The number of carbonyl (C=O) groups is 1. The van der Waals surface area contributed by atoms with Crippen LogP contribution in [0.4, 0.5) is 10.1 Å². The summed E-state index contributed by atoms with van der Waals surface area (Å²) < 4.78 is 13.3. The van der Waals surface area contributed by atoms with E-state index in [1.807, 2.05) is 13.1 Å². The van der Waals surface area contributed by atoms with E-state index in [0.29, 0.717) is 13.0 Å². The van der Waals surface area contributed by atoms with Gasteiger partial charge in [0.1, 0.15) is 5.82 Å². The largest absolute Gasteiger partial charge is 0.369 e. The van der Waals surface area contributed by atoms with Crippen LogP contribution in [-0.2, 0) is 4.79 Å². The molecule has 0 radical (unpaired) electrons. The molecule has 0 spiro atoms. The summed E-state index contributed by atoms with van der Waals surface area (Å²) >= 11 is 0. The van der Waals surface area contributed by atoms with E-state index in [9.17, 15) is 9.18 Å². The highest BCUT2D eigenvalue weighted by Crippen LogP contribution is 2.20. The van der Waals surface area contributed by atoms with Gasteiger partial charge in [-0.25, -0.2) is 4.39 Å². The van der Waals surface area contributed by atoms with E-state index in [1.165, 1.54) is 6.07 Å². The van der Waals surface area contributed by atoms with Crippen LogP contribution in [0.25, 0.3) is 0 Å². The van der Waals surface area contributed by atoms with Crippen molar-refractivity contribution in [2.75, 3.05) is 31.6 Å². The molecule has 0 bridgehead atoms. The quantitative estimate of drug-likeness (QED) is 0.855. The van der Waals surface area contributed by atoms with E-state index in [2.05, 4.69) is 15.5 Å². The number of anilines is 1. The molecule has 2 N–H and O–H groups in total. The Labute approximate surface area is 143 Å². The van der Waals surface area contributed by atoms with Gasteiger partial charge in [-0.2, -0.15) is 0 Å². The molecule has 1 aromatic rings. The smallest absolute Gasteiger partial charge is 0.221 e. The number of hydrogen-bond donors (Lipinski definition) is 2. The lowest BCUT2D eigenvalue weighted by Crippen LogP contribution is -2.48. The molecule has 1 atom stereocenters. The molecule has 1 unspecified atom stereocenters. The van der Waals surface area contributed by atoms with Crippen LogP contribution in [0.3, 0.4) is 0 Å². The summed E-state index contributed by atoms with van der Waals surface area (Å²) in [5.41, 5.74) is 0.888. The Kier molecular flexibility index (Phi) is 10.1. The third kappa shape index (κ3) is 6.38. The van der Waals surface area contributed by atoms with Crippen molar-refractivity contribution in [1.29, 1.82) is 0 Å². The fraction of sp³-hybridized carbons (Fsp3) is 0.533. The van der Waals surface area contributed by atoms with Gasteiger partial charge in [0, 0.05) is 37.8 Å². The first-order valence-corrected chi connectivity index (χ1v) is 7.13. The standard InChI is InChI=1S/C15H22FN3O.2ClH/c1-17-8-7-15(20)18-13-5-3-9-19(11-13)14-6-2-4-12(16)10-14;;/h2,4,6,10,13,17H,3,5,7-9,11H2,1H3,(H,18,20);2*1H. The number of benzene rings is 1. The molecule has 1 heterocycles. The molecule has 1 aliphatic rings. The second-order valence-corrected chi connectivity index (χ2v) is 5.19. The molecule has 2 rings (SSSR count). The van der Waals surface area contributed by atoms with E-state index in [-0.39, 0.29) is 42.6 Å². The molecule has 22 heavy (non-hydrogen) atoms. The van der Waals surface area contributed by atoms with Gasteiger partial charge in [-0.1, -0.05) is 6.07 Å². The van der Waals surface area contributed by atoms with Crippen LogP contribution in [0, 0.1) is 5.82 Å². The van der Waals surface area contributed by atoms with Gasteiger partial charge in [-0.3, -0.25) is 4.79 Å². The number of amides is 1. The summed E-state index contributed by atoms with van der Waals surface area (Å²) in [7, 11) is 1.83. The first-order valence-electron chi connectivity index (χ1n) is 7.13. The fourth-order valence-corrected chi connectivity index (χ4v) is 2.54. The van der Waals surface area contributed by atoms with E-state index in [1.54, 1.807) is 12.1 Å². The van der Waals surface area contributed by atoms with Gasteiger partial charge < -0.3 is 15.5 Å². The number of piperidine rings is 1. The van der Waals surface area contributed by atoms with Crippen LogP contribution >= 0.6 is 24.8 Å². The minimum Gasteiger partial charge on any atom is -0.369 e. The van der Waals surface area contributed by atoms with Crippen molar-refractivity contribution in [2.24, 2.45) is 0 Å². The lowest BCUT2D eigenvalue weighted by atomic mass is 10.0. The van der Waals surface area contributed by atoms with Crippen molar-refractivity contribution in [2.45, 2.75) is 25.3 Å². The minimum atomic E-state index is -0.220.